The number of nitrogens with one attached hydrogen (secondary N) is 1. The third-order valence-electron chi connectivity index (χ3n) is 5.69. The number of carbonyl (C=O) groups excluding carboxylic acids is 2. The number of amides is 3. The Labute approximate surface area is 174 Å². The van der Waals surface area contributed by atoms with Gasteiger partial charge in [0.2, 0.25) is 0 Å². The molecule has 4 rings (SSSR count). The number of β-amino-alcohol motifs (C(OH)–C–C–N with tert-alkyl or cyclic N) is 1. The molecular weight excluding hydrogens is 382 g/mol. The number of urea groups is 1. The van der Waals surface area contributed by atoms with Crippen LogP contribution < -0.4 is 10.1 Å². The van der Waals surface area contributed by atoms with Gasteiger partial charge < -0.3 is 15.2 Å². The molecule has 1 fully saturated rings. The molecule has 2 aliphatic rings. The van der Waals surface area contributed by atoms with Crippen molar-refractivity contribution in [2.75, 3.05) is 13.2 Å². The molecule has 0 radical (unpaired) electrons. The van der Waals surface area contributed by atoms with Crippen LogP contribution in [-0.4, -0.2) is 41.2 Å². The molecule has 2 N–H and O–H groups in total. The standard InChI is InChI=1S/C23H23N3O4/c24-13-11-16-7-9-19(10-8-16)30-15-18(27)14-26-21(28)23(25-22(26)29)12-3-5-17-4-1-2-6-20(17)23/h1-2,4,6-10,18,27H,3,5,11-12,14-15H2,(H,25,29)/t18-,23+/m1/s1. The molecule has 7 heteroatoms. The number of carbonyl (C=O) groups is 2. The molecule has 1 heterocycles. The number of aliphatic hydroxyl groups is 1. The van der Waals surface area contributed by atoms with Crippen LogP contribution in [0.3, 0.4) is 0 Å². The van der Waals surface area contributed by atoms with Crippen molar-refractivity contribution in [3.8, 4) is 11.8 Å². The van der Waals surface area contributed by atoms with Crippen LogP contribution in [0.5, 0.6) is 5.75 Å². The Hall–Kier alpha value is -3.37. The van der Waals surface area contributed by atoms with Crippen LogP contribution in [0.25, 0.3) is 0 Å². The first kappa shape index (κ1) is 19.9. The second kappa shape index (κ2) is 8.17. The highest BCUT2D eigenvalue weighted by Gasteiger charge is 2.54. The number of aryl methyl sites for hydroxylation is 1. The molecule has 30 heavy (non-hydrogen) atoms. The maximum Gasteiger partial charge on any atom is 0.325 e. The number of rotatable bonds is 6. The molecule has 0 bridgehead atoms. The van der Waals surface area contributed by atoms with E-state index in [4.69, 9.17) is 10.00 Å². The van der Waals surface area contributed by atoms with Crippen LogP contribution in [0.4, 0.5) is 4.79 Å². The first-order chi connectivity index (χ1) is 14.5. The molecule has 1 saturated heterocycles. The molecule has 2 aromatic carbocycles. The summed E-state index contributed by atoms with van der Waals surface area (Å²) in [7, 11) is 0. The summed E-state index contributed by atoms with van der Waals surface area (Å²) in [5.74, 6) is 0.227. The van der Waals surface area contributed by atoms with Gasteiger partial charge >= 0.3 is 6.03 Å². The average molecular weight is 405 g/mol. The van der Waals surface area contributed by atoms with Crippen molar-refractivity contribution in [2.24, 2.45) is 0 Å². The van der Waals surface area contributed by atoms with E-state index in [0.29, 0.717) is 18.6 Å². The van der Waals surface area contributed by atoms with Crippen LogP contribution in [0.2, 0.25) is 0 Å². The first-order valence-electron chi connectivity index (χ1n) is 10.0. The van der Waals surface area contributed by atoms with Crippen molar-refractivity contribution in [3.63, 3.8) is 0 Å². The molecule has 0 saturated carbocycles. The number of ether oxygens (including phenoxy) is 1. The Morgan fingerprint density at radius 1 is 1.20 bits per heavy atom. The number of nitriles is 1. The Morgan fingerprint density at radius 2 is 1.97 bits per heavy atom. The summed E-state index contributed by atoms with van der Waals surface area (Å²) in [6, 6.07) is 16.3. The highest BCUT2D eigenvalue weighted by atomic mass is 16.5. The van der Waals surface area contributed by atoms with E-state index in [-0.39, 0.29) is 19.1 Å². The lowest BCUT2D eigenvalue weighted by atomic mass is 9.76. The van der Waals surface area contributed by atoms with Crippen molar-refractivity contribution in [1.82, 2.24) is 10.2 Å². The van der Waals surface area contributed by atoms with Gasteiger partial charge in [-0.3, -0.25) is 9.69 Å². The molecule has 1 aliphatic carbocycles. The normalized spacial score (nSPS) is 21.1. The smallest absolute Gasteiger partial charge is 0.325 e. The molecule has 154 valence electrons. The van der Waals surface area contributed by atoms with Gasteiger partial charge in [-0.05, 0) is 48.1 Å². The van der Waals surface area contributed by atoms with Crippen LogP contribution in [0.1, 0.15) is 29.5 Å². The first-order valence-corrected chi connectivity index (χ1v) is 10.0. The summed E-state index contributed by atoms with van der Waals surface area (Å²) < 4.78 is 5.57. The second-order valence-electron chi connectivity index (χ2n) is 7.71. The highest BCUT2D eigenvalue weighted by molar-refractivity contribution is 6.07. The molecule has 1 spiro atoms. The van der Waals surface area contributed by atoms with Crippen molar-refractivity contribution < 1.29 is 19.4 Å². The Kier molecular flexibility index (Phi) is 5.42. The molecular formula is C23H23N3O4. The van der Waals surface area contributed by atoms with E-state index >= 15 is 0 Å². The lowest BCUT2D eigenvalue weighted by Gasteiger charge is -2.33. The van der Waals surface area contributed by atoms with Gasteiger partial charge in [0.1, 0.15) is 24.0 Å². The molecule has 2 aromatic rings. The fourth-order valence-electron chi connectivity index (χ4n) is 4.23. The topological polar surface area (TPSA) is 103 Å². The number of aliphatic hydroxyl groups excluding tert-OH is 1. The Balaban J connectivity index is 1.41. The zero-order valence-electron chi connectivity index (χ0n) is 16.5. The molecule has 3 amide bonds. The monoisotopic (exact) mass is 405 g/mol. The van der Waals surface area contributed by atoms with Crippen LogP contribution in [0.15, 0.2) is 48.5 Å². The molecule has 2 atom stereocenters. The highest BCUT2D eigenvalue weighted by Crippen LogP contribution is 2.39. The van der Waals surface area contributed by atoms with Gasteiger partial charge in [0, 0.05) is 0 Å². The van der Waals surface area contributed by atoms with Gasteiger partial charge in [0.05, 0.1) is 19.0 Å². The number of nitrogens with zero attached hydrogens (tertiary/aromatic N) is 2. The minimum absolute atomic E-state index is 0.0573. The summed E-state index contributed by atoms with van der Waals surface area (Å²) in [6.45, 7) is -0.195. The average Bonchev–Trinajstić information content (AvgIpc) is 2.98. The summed E-state index contributed by atoms with van der Waals surface area (Å²) in [4.78, 5) is 26.9. The Bertz CT molecular complexity index is 998. The maximum atomic E-state index is 13.2. The lowest BCUT2D eigenvalue weighted by molar-refractivity contribution is -0.133. The van der Waals surface area contributed by atoms with Gasteiger partial charge in [0.15, 0.2) is 0 Å². The summed E-state index contributed by atoms with van der Waals surface area (Å²) >= 11 is 0. The zero-order chi connectivity index (χ0) is 21.1. The number of hydrogen-bond acceptors (Lipinski definition) is 5. The van der Waals surface area contributed by atoms with Crippen LogP contribution >= 0.6 is 0 Å². The SMILES string of the molecule is N#CCc1ccc(OC[C@H](O)CN2C(=O)N[C@]3(CCCc4ccccc43)C2=O)cc1. The lowest BCUT2D eigenvalue weighted by Crippen LogP contribution is -2.47. The van der Waals surface area contributed by atoms with E-state index in [1.54, 1.807) is 24.3 Å². The number of fused-ring (bicyclic) bond motifs is 2. The fourth-order valence-corrected chi connectivity index (χ4v) is 4.23. The Morgan fingerprint density at radius 3 is 2.73 bits per heavy atom. The van der Waals surface area contributed by atoms with Crippen molar-refractivity contribution in [2.45, 2.75) is 37.3 Å². The second-order valence-corrected chi connectivity index (χ2v) is 7.71. The van der Waals surface area contributed by atoms with E-state index in [9.17, 15) is 14.7 Å². The van der Waals surface area contributed by atoms with Crippen molar-refractivity contribution in [1.29, 1.82) is 5.26 Å². The zero-order valence-corrected chi connectivity index (χ0v) is 16.5. The predicted molar refractivity (Wildman–Crippen MR) is 109 cm³/mol. The minimum atomic E-state index is -1.04. The molecule has 7 nitrogen and oxygen atoms in total. The molecule has 0 aromatic heterocycles. The van der Waals surface area contributed by atoms with E-state index in [0.717, 1.165) is 34.4 Å². The predicted octanol–water partition coefficient (Wildman–Crippen LogP) is 2.28. The molecule has 1 aliphatic heterocycles. The van der Waals surface area contributed by atoms with Crippen molar-refractivity contribution in [3.05, 3.63) is 65.2 Å². The van der Waals surface area contributed by atoms with E-state index in [1.165, 1.54) is 0 Å². The largest absolute Gasteiger partial charge is 0.491 e. The van der Waals surface area contributed by atoms with Gasteiger partial charge in [-0.25, -0.2) is 4.79 Å². The third kappa shape index (κ3) is 3.62. The number of benzene rings is 2. The van der Waals surface area contributed by atoms with Crippen molar-refractivity contribution >= 4 is 11.9 Å². The van der Waals surface area contributed by atoms with Gasteiger partial charge in [-0.2, -0.15) is 5.26 Å². The van der Waals surface area contributed by atoms with E-state index in [1.807, 2.05) is 24.3 Å². The quantitative estimate of drug-likeness (QED) is 0.718. The third-order valence-corrected chi connectivity index (χ3v) is 5.69. The summed E-state index contributed by atoms with van der Waals surface area (Å²) in [5, 5.41) is 22.0. The number of imide groups is 1. The summed E-state index contributed by atoms with van der Waals surface area (Å²) in [6.07, 6.45) is 1.54. The number of hydrogen-bond donors (Lipinski definition) is 2. The molecule has 0 unspecified atom stereocenters. The minimum Gasteiger partial charge on any atom is -0.491 e. The fraction of sp³-hybridized carbons (Fsp3) is 0.348. The van der Waals surface area contributed by atoms with Gasteiger partial charge in [0.25, 0.3) is 5.91 Å². The van der Waals surface area contributed by atoms with Gasteiger partial charge in [-0.1, -0.05) is 36.4 Å². The van der Waals surface area contributed by atoms with Crippen LogP contribution in [0, 0.1) is 11.3 Å². The van der Waals surface area contributed by atoms with E-state index < -0.39 is 17.7 Å². The summed E-state index contributed by atoms with van der Waals surface area (Å²) in [5.41, 5.74) is 1.76. The van der Waals surface area contributed by atoms with Gasteiger partial charge in [-0.15, -0.1) is 0 Å². The maximum absolute atomic E-state index is 13.2. The van der Waals surface area contributed by atoms with E-state index in [2.05, 4.69) is 11.4 Å². The van der Waals surface area contributed by atoms with Crippen LogP contribution in [-0.2, 0) is 23.2 Å².